The quantitative estimate of drug-likeness (QED) is 0.571. The number of nitrogens with zero attached hydrogens (tertiary/aromatic N) is 2. The lowest BCUT2D eigenvalue weighted by Gasteiger charge is -2.33. The van der Waals surface area contributed by atoms with Gasteiger partial charge in [-0.3, -0.25) is 9.59 Å². The molecule has 0 N–H and O–H groups in total. The van der Waals surface area contributed by atoms with Gasteiger partial charge in [-0.2, -0.15) is 0 Å². The van der Waals surface area contributed by atoms with Crippen molar-refractivity contribution < 1.29 is 14.3 Å². The predicted octanol–water partition coefficient (Wildman–Crippen LogP) is 3.10. The Morgan fingerprint density at radius 2 is 2.00 bits per heavy atom. The van der Waals surface area contributed by atoms with Crippen molar-refractivity contribution in [1.82, 2.24) is 4.90 Å². The summed E-state index contributed by atoms with van der Waals surface area (Å²) in [6.07, 6.45) is 4.00. The topological polar surface area (TPSA) is 49.9 Å². The van der Waals surface area contributed by atoms with Crippen molar-refractivity contribution in [3.05, 3.63) is 42.0 Å². The molecule has 0 saturated carbocycles. The first-order valence-corrected chi connectivity index (χ1v) is 9.84. The van der Waals surface area contributed by atoms with E-state index in [0.717, 1.165) is 43.8 Å². The van der Waals surface area contributed by atoms with Crippen LogP contribution >= 0.6 is 0 Å². The first kappa shape index (κ1) is 19.6. The monoisotopic (exact) mass is 370 g/mol. The molecule has 2 aliphatic rings. The number of anilines is 1. The van der Waals surface area contributed by atoms with E-state index >= 15 is 0 Å². The van der Waals surface area contributed by atoms with Crippen LogP contribution in [0.25, 0.3) is 0 Å². The van der Waals surface area contributed by atoms with Crippen LogP contribution in [0.15, 0.2) is 30.9 Å². The zero-order chi connectivity index (χ0) is 19.4. The molecule has 3 rings (SSSR count). The van der Waals surface area contributed by atoms with E-state index in [1.807, 2.05) is 30.0 Å². The Hall–Kier alpha value is -2.14. The van der Waals surface area contributed by atoms with Crippen LogP contribution in [0.1, 0.15) is 30.4 Å². The highest BCUT2D eigenvalue weighted by atomic mass is 16.5. The molecule has 2 aliphatic heterocycles. The number of amides is 2. The van der Waals surface area contributed by atoms with Crippen LogP contribution in [-0.2, 0) is 14.3 Å². The van der Waals surface area contributed by atoms with Crippen molar-refractivity contribution in [1.29, 1.82) is 0 Å². The van der Waals surface area contributed by atoms with Gasteiger partial charge in [-0.25, -0.2) is 0 Å². The number of aryl methyl sites for hydroxylation is 2. The lowest BCUT2D eigenvalue weighted by atomic mass is 9.96. The van der Waals surface area contributed by atoms with Gasteiger partial charge in [0.05, 0.1) is 12.5 Å². The van der Waals surface area contributed by atoms with Crippen LogP contribution in [0.5, 0.6) is 0 Å². The molecule has 1 unspecified atom stereocenters. The van der Waals surface area contributed by atoms with Gasteiger partial charge in [0, 0.05) is 38.3 Å². The molecule has 2 fully saturated rings. The molecule has 1 aromatic carbocycles. The fraction of sp³-hybridized carbons (Fsp3) is 0.545. The van der Waals surface area contributed by atoms with Crippen LogP contribution in [-0.4, -0.2) is 49.6 Å². The van der Waals surface area contributed by atoms with Crippen LogP contribution < -0.4 is 4.90 Å². The summed E-state index contributed by atoms with van der Waals surface area (Å²) in [5.74, 6) is 0.448. The minimum Gasteiger partial charge on any atom is -0.377 e. The molecular formula is C22H30N2O3. The fourth-order valence-corrected chi connectivity index (χ4v) is 3.91. The number of carbonyl (C=O) groups is 2. The van der Waals surface area contributed by atoms with Gasteiger partial charge in [0.25, 0.3) is 0 Å². The number of benzene rings is 1. The summed E-state index contributed by atoms with van der Waals surface area (Å²) in [5, 5.41) is 0. The second-order valence-corrected chi connectivity index (χ2v) is 7.77. The zero-order valence-electron chi connectivity index (χ0n) is 16.4. The average molecular weight is 370 g/mol. The van der Waals surface area contributed by atoms with Gasteiger partial charge in [-0.1, -0.05) is 12.1 Å². The van der Waals surface area contributed by atoms with E-state index in [9.17, 15) is 9.59 Å². The minimum absolute atomic E-state index is 0.0457. The maximum absolute atomic E-state index is 12.9. The lowest BCUT2D eigenvalue weighted by Crippen LogP contribution is -2.43. The van der Waals surface area contributed by atoms with E-state index in [1.165, 1.54) is 5.56 Å². The number of piperidine rings is 1. The Kier molecular flexibility index (Phi) is 6.32. The van der Waals surface area contributed by atoms with Crippen LogP contribution in [0.4, 0.5) is 5.69 Å². The highest BCUT2D eigenvalue weighted by molar-refractivity contribution is 6.00. The molecule has 0 aromatic heterocycles. The number of ether oxygens (including phenoxy) is 1. The van der Waals surface area contributed by atoms with E-state index in [4.69, 9.17) is 4.74 Å². The molecule has 0 radical (unpaired) electrons. The highest BCUT2D eigenvalue weighted by Crippen LogP contribution is 2.29. The number of rotatable bonds is 6. The SMILES string of the molecule is C=CCOCC1CCN(C(=O)C2CC(=O)N(c3ccc(C)c(C)c3)C2)CC1. The van der Waals surface area contributed by atoms with Crippen molar-refractivity contribution in [2.24, 2.45) is 11.8 Å². The fourth-order valence-electron chi connectivity index (χ4n) is 3.91. The normalized spacial score (nSPS) is 21.0. The molecule has 0 bridgehead atoms. The van der Waals surface area contributed by atoms with Gasteiger partial charge in [0.1, 0.15) is 0 Å². The van der Waals surface area contributed by atoms with Crippen molar-refractivity contribution in [2.75, 3.05) is 37.7 Å². The Morgan fingerprint density at radius 1 is 1.26 bits per heavy atom. The molecule has 1 atom stereocenters. The molecule has 27 heavy (non-hydrogen) atoms. The second-order valence-electron chi connectivity index (χ2n) is 7.77. The summed E-state index contributed by atoms with van der Waals surface area (Å²) in [7, 11) is 0. The number of hydrogen-bond donors (Lipinski definition) is 0. The summed E-state index contributed by atoms with van der Waals surface area (Å²) < 4.78 is 5.54. The Balaban J connectivity index is 1.55. The van der Waals surface area contributed by atoms with E-state index in [-0.39, 0.29) is 17.7 Å². The van der Waals surface area contributed by atoms with E-state index in [2.05, 4.69) is 13.5 Å². The molecule has 5 nitrogen and oxygen atoms in total. The van der Waals surface area contributed by atoms with Crippen molar-refractivity contribution in [3.8, 4) is 0 Å². The Bertz CT molecular complexity index is 708. The molecule has 1 aromatic rings. The van der Waals surface area contributed by atoms with Crippen LogP contribution in [0, 0.1) is 25.7 Å². The maximum atomic E-state index is 12.9. The van der Waals surface area contributed by atoms with Crippen molar-refractivity contribution >= 4 is 17.5 Å². The third-order valence-electron chi connectivity index (χ3n) is 5.79. The molecule has 5 heteroatoms. The minimum atomic E-state index is -0.229. The predicted molar refractivity (Wildman–Crippen MR) is 107 cm³/mol. The third-order valence-corrected chi connectivity index (χ3v) is 5.79. The number of likely N-dealkylation sites (tertiary alicyclic amines) is 1. The van der Waals surface area contributed by atoms with E-state index < -0.39 is 0 Å². The molecule has 146 valence electrons. The molecular weight excluding hydrogens is 340 g/mol. The van der Waals surface area contributed by atoms with Crippen LogP contribution in [0.2, 0.25) is 0 Å². The van der Waals surface area contributed by atoms with Gasteiger partial charge >= 0.3 is 0 Å². The first-order chi connectivity index (χ1) is 13.0. The van der Waals surface area contributed by atoms with E-state index in [0.29, 0.717) is 25.5 Å². The summed E-state index contributed by atoms with van der Waals surface area (Å²) in [6, 6.07) is 6.04. The van der Waals surface area contributed by atoms with Gasteiger partial charge in [0.2, 0.25) is 11.8 Å². The molecule has 0 aliphatic carbocycles. The van der Waals surface area contributed by atoms with Gasteiger partial charge in [-0.15, -0.1) is 6.58 Å². The third kappa shape index (κ3) is 4.59. The molecule has 2 saturated heterocycles. The number of hydrogen-bond acceptors (Lipinski definition) is 3. The summed E-state index contributed by atoms with van der Waals surface area (Å²) in [4.78, 5) is 29.1. The van der Waals surface area contributed by atoms with E-state index in [1.54, 1.807) is 11.0 Å². The molecule has 2 heterocycles. The lowest BCUT2D eigenvalue weighted by molar-refractivity contribution is -0.137. The van der Waals surface area contributed by atoms with Crippen LogP contribution in [0.3, 0.4) is 0 Å². The maximum Gasteiger partial charge on any atom is 0.228 e. The Labute approximate surface area is 162 Å². The van der Waals surface area contributed by atoms with Gasteiger partial charge in [0.15, 0.2) is 0 Å². The van der Waals surface area contributed by atoms with Gasteiger partial charge < -0.3 is 14.5 Å². The summed E-state index contributed by atoms with van der Waals surface area (Å²) in [5.41, 5.74) is 3.27. The van der Waals surface area contributed by atoms with Gasteiger partial charge in [-0.05, 0) is 55.9 Å². The highest BCUT2D eigenvalue weighted by Gasteiger charge is 2.38. The smallest absolute Gasteiger partial charge is 0.228 e. The molecule has 2 amide bonds. The molecule has 0 spiro atoms. The van der Waals surface area contributed by atoms with Crippen molar-refractivity contribution in [3.63, 3.8) is 0 Å². The largest absolute Gasteiger partial charge is 0.377 e. The second kappa shape index (κ2) is 8.70. The average Bonchev–Trinajstić information content (AvgIpc) is 3.06. The number of carbonyl (C=O) groups excluding carboxylic acids is 2. The van der Waals surface area contributed by atoms with Crippen molar-refractivity contribution in [2.45, 2.75) is 33.1 Å². The summed E-state index contributed by atoms with van der Waals surface area (Å²) in [6.45, 7) is 11.1. The summed E-state index contributed by atoms with van der Waals surface area (Å²) >= 11 is 0. The first-order valence-electron chi connectivity index (χ1n) is 9.84. The zero-order valence-corrected chi connectivity index (χ0v) is 16.4. The Morgan fingerprint density at radius 3 is 2.67 bits per heavy atom. The standard InChI is InChI=1S/C22H30N2O3/c1-4-11-27-15-18-7-9-23(10-8-18)22(26)19-13-21(25)24(14-19)20-6-5-16(2)17(3)12-20/h4-6,12,18-19H,1,7-11,13-15H2,2-3H3.